The van der Waals surface area contributed by atoms with E-state index in [-0.39, 0.29) is 11.9 Å². The van der Waals surface area contributed by atoms with E-state index in [1.807, 2.05) is 25.2 Å². The van der Waals surface area contributed by atoms with Crippen molar-refractivity contribution in [3.63, 3.8) is 0 Å². The maximum absolute atomic E-state index is 12.2. The van der Waals surface area contributed by atoms with Crippen LogP contribution >= 0.6 is 0 Å². The van der Waals surface area contributed by atoms with E-state index in [4.69, 9.17) is 4.74 Å². The van der Waals surface area contributed by atoms with Crippen molar-refractivity contribution in [3.05, 3.63) is 41.9 Å². The molecule has 7 heteroatoms. The summed E-state index contributed by atoms with van der Waals surface area (Å²) in [5.41, 5.74) is 2.03. The summed E-state index contributed by atoms with van der Waals surface area (Å²) in [5, 5.41) is 7.19. The van der Waals surface area contributed by atoms with Crippen LogP contribution < -0.4 is 10.1 Å². The van der Waals surface area contributed by atoms with Crippen LogP contribution in [0, 0.1) is 5.41 Å². The number of hydrogen-bond acceptors (Lipinski definition) is 5. The van der Waals surface area contributed by atoms with Gasteiger partial charge in [-0.1, -0.05) is 6.07 Å². The van der Waals surface area contributed by atoms with Gasteiger partial charge in [-0.15, -0.1) is 0 Å². The number of carbonyl (C=O) groups excluding carboxylic acids is 1. The van der Waals surface area contributed by atoms with Gasteiger partial charge in [-0.25, -0.2) is 4.98 Å². The number of pyridine rings is 1. The number of methoxy groups -OCH3 is 1. The fourth-order valence-electron chi connectivity index (χ4n) is 4.28. The fraction of sp³-hybridized carbons (Fsp3) is 0.526. The van der Waals surface area contributed by atoms with E-state index in [1.165, 1.54) is 6.42 Å². The molecule has 0 unspecified atom stereocenters. The lowest BCUT2D eigenvalue weighted by Gasteiger charge is -2.45. The Bertz CT molecular complexity index is 797. The Morgan fingerprint density at radius 3 is 3.00 bits per heavy atom. The average Bonchev–Trinajstić information content (AvgIpc) is 3.21. The highest BCUT2D eigenvalue weighted by molar-refractivity contribution is 5.93. The first-order valence-corrected chi connectivity index (χ1v) is 9.07. The maximum atomic E-state index is 12.2. The molecule has 0 aromatic carbocycles. The van der Waals surface area contributed by atoms with Crippen molar-refractivity contribution in [2.24, 2.45) is 12.5 Å². The Balaban J connectivity index is 1.27. The van der Waals surface area contributed by atoms with E-state index in [0.717, 1.165) is 38.2 Å². The Hall–Kier alpha value is -2.41. The Kier molecular flexibility index (Phi) is 4.40. The molecule has 7 nitrogen and oxygen atoms in total. The number of aromatic nitrogens is 3. The van der Waals surface area contributed by atoms with Gasteiger partial charge in [0.25, 0.3) is 5.91 Å². The van der Waals surface area contributed by atoms with E-state index in [9.17, 15) is 4.79 Å². The zero-order valence-corrected chi connectivity index (χ0v) is 15.3. The van der Waals surface area contributed by atoms with Crippen LogP contribution in [0.5, 0.6) is 5.88 Å². The van der Waals surface area contributed by atoms with Crippen molar-refractivity contribution in [1.82, 2.24) is 25.0 Å². The standard InChI is InChI=1S/C19H25N5O2/c1-23-11-14(10-20-23)18(25)22-16-8-19(9-16)6-7-24(13-19)12-15-4-3-5-17(21-15)26-2/h3-5,10-11,16H,6-9,12-13H2,1-2H3,(H,22,25). The number of ether oxygens (including phenoxy) is 1. The van der Waals surface area contributed by atoms with E-state index in [2.05, 4.69) is 20.3 Å². The lowest BCUT2D eigenvalue weighted by molar-refractivity contribution is 0.0693. The lowest BCUT2D eigenvalue weighted by Crippen LogP contribution is -2.51. The van der Waals surface area contributed by atoms with Crippen LogP contribution in [-0.2, 0) is 13.6 Å². The predicted molar refractivity (Wildman–Crippen MR) is 96.8 cm³/mol. The van der Waals surface area contributed by atoms with Crippen LogP contribution in [0.1, 0.15) is 35.3 Å². The first-order valence-electron chi connectivity index (χ1n) is 9.07. The molecule has 1 aliphatic carbocycles. The molecule has 138 valence electrons. The summed E-state index contributed by atoms with van der Waals surface area (Å²) in [7, 11) is 3.46. The van der Waals surface area contributed by atoms with Crippen molar-refractivity contribution in [2.75, 3.05) is 20.2 Å². The Morgan fingerprint density at radius 2 is 2.27 bits per heavy atom. The minimum atomic E-state index is -0.0200. The number of likely N-dealkylation sites (tertiary alicyclic amines) is 1. The number of nitrogens with one attached hydrogen (secondary N) is 1. The number of aryl methyl sites for hydroxylation is 1. The second-order valence-corrected chi connectivity index (χ2v) is 7.61. The fourth-order valence-corrected chi connectivity index (χ4v) is 4.28. The van der Waals surface area contributed by atoms with Gasteiger partial charge in [0.1, 0.15) is 0 Å². The highest BCUT2D eigenvalue weighted by Gasteiger charge is 2.48. The van der Waals surface area contributed by atoms with Crippen LogP contribution in [0.3, 0.4) is 0 Å². The molecule has 1 N–H and O–H groups in total. The molecule has 4 rings (SSSR count). The summed E-state index contributed by atoms with van der Waals surface area (Å²) in [5.74, 6) is 0.645. The highest BCUT2D eigenvalue weighted by Crippen LogP contribution is 2.48. The van der Waals surface area contributed by atoms with E-state index >= 15 is 0 Å². The summed E-state index contributed by atoms with van der Waals surface area (Å²) in [4.78, 5) is 19.2. The number of amides is 1. The van der Waals surface area contributed by atoms with Crippen LogP contribution in [0.4, 0.5) is 0 Å². The van der Waals surface area contributed by atoms with Crippen molar-refractivity contribution in [1.29, 1.82) is 0 Å². The van der Waals surface area contributed by atoms with Gasteiger partial charge in [-0.2, -0.15) is 5.10 Å². The van der Waals surface area contributed by atoms with Gasteiger partial charge < -0.3 is 10.1 Å². The van der Waals surface area contributed by atoms with Gasteiger partial charge in [0.05, 0.1) is 24.6 Å². The minimum absolute atomic E-state index is 0.0200. The van der Waals surface area contributed by atoms with E-state index in [0.29, 0.717) is 16.9 Å². The minimum Gasteiger partial charge on any atom is -0.481 e. The number of rotatable bonds is 5. The second kappa shape index (κ2) is 6.72. The molecule has 1 spiro atoms. The van der Waals surface area contributed by atoms with Crippen molar-refractivity contribution >= 4 is 5.91 Å². The highest BCUT2D eigenvalue weighted by atomic mass is 16.5. The van der Waals surface area contributed by atoms with Gasteiger partial charge in [0, 0.05) is 38.4 Å². The average molecular weight is 355 g/mol. The van der Waals surface area contributed by atoms with Crippen LogP contribution in [0.2, 0.25) is 0 Å². The van der Waals surface area contributed by atoms with Gasteiger partial charge in [0.15, 0.2) is 0 Å². The van der Waals surface area contributed by atoms with Crippen molar-refractivity contribution in [2.45, 2.75) is 31.8 Å². The first kappa shape index (κ1) is 17.0. The number of hydrogen-bond donors (Lipinski definition) is 1. The zero-order valence-electron chi connectivity index (χ0n) is 15.3. The molecule has 0 atom stereocenters. The van der Waals surface area contributed by atoms with Gasteiger partial charge in [-0.3, -0.25) is 14.4 Å². The van der Waals surface area contributed by atoms with Crippen LogP contribution in [0.15, 0.2) is 30.6 Å². The number of carbonyl (C=O) groups is 1. The molecule has 2 aromatic heterocycles. The molecular weight excluding hydrogens is 330 g/mol. The Labute approximate surface area is 153 Å². The third-order valence-electron chi connectivity index (χ3n) is 5.55. The molecule has 1 saturated carbocycles. The van der Waals surface area contributed by atoms with Crippen LogP contribution in [-0.4, -0.2) is 51.8 Å². The zero-order chi connectivity index (χ0) is 18.1. The molecule has 1 aliphatic heterocycles. The van der Waals surface area contributed by atoms with E-state index < -0.39 is 0 Å². The third-order valence-corrected chi connectivity index (χ3v) is 5.55. The quantitative estimate of drug-likeness (QED) is 0.882. The molecule has 1 amide bonds. The van der Waals surface area contributed by atoms with Crippen molar-refractivity contribution in [3.8, 4) is 5.88 Å². The molecule has 26 heavy (non-hydrogen) atoms. The second-order valence-electron chi connectivity index (χ2n) is 7.61. The topological polar surface area (TPSA) is 72.3 Å². The molecule has 2 aromatic rings. The summed E-state index contributed by atoms with van der Waals surface area (Å²) in [6.07, 6.45) is 6.67. The summed E-state index contributed by atoms with van der Waals surface area (Å²) < 4.78 is 6.86. The summed E-state index contributed by atoms with van der Waals surface area (Å²) in [6.45, 7) is 3.01. The molecule has 2 aliphatic rings. The molecule has 0 radical (unpaired) electrons. The normalized spacial score (nSPS) is 25.2. The maximum Gasteiger partial charge on any atom is 0.254 e. The smallest absolute Gasteiger partial charge is 0.254 e. The SMILES string of the molecule is COc1cccc(CN2CCC3(CC(NC(=O)c4cnn(C)c4)C3)C2)n1. The summed E-state index contributed by atoms with van der Waals surface area (Å²) >= 11 is 0. The van der Waals surface area contributed by atoms with Gasteiger partial charge >= 0.3 is 0 Å². The Morgan fingerprint density at radius 1 is 1.42 bits per heavy atom. The predicted octanol–water partition coefficient (Wildman–Crippen LogP) is 1.61. The van der Waals surface area contributed by atoms with Crippen molar-refractivity contribution < 1.29 is 9.53 Å². The monoisotopic (exact) mass is 355 g/mol. The molecule has 3 heterocycles. The molecule has 1 saturated heterocycles. The first-order chi connectivity index (χ1) is 12.5. The third kappa shape index (κ3) is 3.44. The van der Waals surface area contributed by atoms with Crippen LogP contribution in [0.25, 0.3) is 0 Å². The number of nitrogens with zero attached hydrogens (tertiary/aromatic N) is 4. The molecule has 2 fully saturated rings. The largest absolute Gasteiger partial charge is 0.481 e. The van der Waals surface area contributed by atoms with Gasteiger partial charge in [0.2, 0.25) is 5.88 Å². The molecule has 0 bridgehead atoms. The summed E-state index contributed by atoms with van der Waals surface area (Å²) in [6, 6.07) is 6.18. The molecular formula is C19H25N5O2. The van der Waals surface area contributed by atoms with Gasteiger partial charge in [-0.05, 0) is 37.3 Å². The lowest BCUT2D eigenvalue weighted by atomic mass is 9.65. The van der Waals surface area contributed by atoms with E-state index in [1.54, 1.807) is 24.2 Å².